The predicted octanol–water partition coefficient (Wildman–Crippen LogP) is 3.05. The molecule has 1 aromatic rings. The monoisotopic (exact) mass is 231 g/mol. The first-order chi connectivity index (χ1) is 7.94. The first-order valence-corrected chi connectivity index (χ1v) is 6.25. The highest BCUT2D eigenvalue weighted by atomic mass is 16.1. The van der Waals surface area contributed by atoms with E-state index < -0.39 is 0 Å². The van der Waals surface area contributed by atoms with Crippen LogP contribution >= 0.6 is 0 Å². The number of ketones is 1. The van der Waals surface area contributed by atoms with E-state index in [1.54, 1.807) is 0 Å². The Balaban J connectivity index is 2.34. The van der Waals surface area contributed by atoms with Crippen LogP contribution in [0.4, 0.5) is 0 Å². The zero-order chi connectivity index (χ0) is 12.6. The molecule has 0 N–H and O–H groups in total. The molecule has 0 spiro atoms. The molecule has 92 valence electrons. The fourth-order valence-corrected chi connectivity index (χ4v) is 2.62. The van der Waals surface area contributed by atoms with Gasteiger partial charge in [0, 0.05) is 23.9 Å². The van der Waals surface area contributed by atoms with Crippen LogP contribution in [0.1, 0.15) is 38.8 Å². The maximum absolute atomic E-state index is 12.1. The third-order valence-electron chi connectivity index (χ3n) is 4.50. The molecular formula is C15H21NO. The highest BCUT2D eigenvalue weighted by Crippen LogP contribution is 2.39. The van der Waals surface area contributed by atoms with Crippen LogP contribution in [0.25, 0.3) is 0 Å². The van der Waals surface area contributed by atoms with E-state index in [2.05, 4.69) is 37.9 Å². The number of hydrogen-bond acceptors (Lipinski definition) is 2. The summed E-state index contributed by atoms with van der Waals surface area (Å²) in [6.45, 7) is 6.36. The zero-order valence-electron chi connectivity index (χ0n) is 11.1. The number of nitrogens with zero attached hydrogens (tertiary/aromatic N) is 1. The predicted molar refractivity (Wildman–Crippen MR) is 69.8 cm³/mol. The van der Waals surface area contributed by atoms with Gasteiger partial charge in [-0.05, 0) is 26.5 Å². The van der Waals surface area contributed by atoms with Gasteiger partial charge >= 0.3 is 0 Å². The minimum atomic E-state index is -0.0736. The highest BCUT2D eigenvalue weighted by Gasteiger charge is 2.43. The Labute approximate surface area is 104 Å². The molecule has 0 saturated carbocycles. The number of rotatable bonds is 1. The number of benzene rings is 1. The third kappa shape index (κ3) is 2.02. The smallest absolute Gasteiger partial charge is 0.139 e. The summed E-state index contributed by atoms with van der Waals surface area (Å²) in [5.74, 6) is 0.481. The number of Topliss-reactive ketones (excluding diaryl/α,β-unsaturated/α-hetero) is 1. The Morgan fingerprint density at radius 1 is 1.24 bits per heavy atom. The van der Waals surface area contributed by atoms with E-state index in [9.17, 15) is 4.79 Å². The number of hydrogen-bond donors (Lipinski definition) is 0. The van der Waals surface area contributed by atoms with E-state index in [1.165, 1.54) is 5.56 Å². The third-order valence-corrected chi connectivity index (χ3v) is 4.50. The summed E-state index contributed by atoms with van der Waals surface area (Å²) in [6, 6.07) is 10.5. The lowest BCUT2D eigenvalue weighted by molar-refractivity contribution is -0.135. The van der Waals surface area contributed by atoms with Crippen molar-refractivity contribution >= 4 is 5.78 Å². The second-order valence-electron chi connectivity index (χ2n) is 5.58. The lowest BCUT2D eigenvalue weighted by Crippen LogP contribution is -2.55. The first kappa shape index (κ1) is 12.3. The summed E-state index contributed by atoms with van der Waals surface area (Å²) in [7, 11) is 2.13. The Hall–Kier alpha value is -1.15. The van der Waals surface area contributed by atoms with E-state index >= 15 is 0 Å². The van der Waals surface area contributed by atoms with Crippen LogP contribution in [0.15, 0.2) is 30.3 Å². The van der Waals surface area contributed by atoms with E-state index in [0.29, 0.717) is 12.2 Å². The van der Waals surface area contributed by atoms with Gasteiger partial charge in [0.15, 0.2) is 0 Å². The van der Waals surface area contributed by atoms with Crippen molar-refractivity contribution in [3.63, 3.8) is 0 Å². The lowest BCUT2D eigenvalue weighted by Gasteiger charge is -2.48. The fraction of sp³-hybridized carbons (Fsp3) is 0.533. The van der Waals surface area contributed by atoms with Gasteiger partial charge in [0.25, 0.3) is 0 Å². The van der Waals surface area contributed by atoms with Crippen molar-refractivity contribution in [1.29, 1.82) is 0 Å². The second kappa shape index (κ2) is 4.26. The molecule has 0 amide bonds. The molecule has 1 aliphatic heterocycles. The zero-order valence-corrected chi connectivity index (χ0v) is 11.1. The van der Waals surface area contributed by atoms with Crippen LogP contribution in [0.5, 0.6) is 0 Å². The summed E-state index contributed by atoms with van der Waals surface area (Å²) in [4.78, 5) is 14.5. The molecule has 0 aliphatic carbocycles. The van der Waals surface area contributed by atoms with Gasteiger partial charge in [-0.2, -0.15) is 0 Å². The minimum Gasteiger partial charge on any atom is -0.299 e. The summed E-state index contributed by atoms with van der Waals surface area (Å²) in [5.41, 5.74) is 1.17. The van der Waals surface area contributed by atoms with E-state index in [-0.39, 0.29) is 17.5 Å². The van der Waals surface area contributed by atoms with E-state index in [1.807, 2.05) is 25.1 Å². The van der Waals surface area contributed by atoms with Crippen molar-refractivity contribution in [1.82, 2.24) is 4.90 Å². The quantitative estimate of drug-likeness (QED) is 0.740. The minimum absolute atomic E-state index is 0.0736. The molecule has 1 heterocycles. The molecule has 0 bridgehead atoms. The molecule has 2 atom stereocenters. The van der Waals surface area contributed by atoms with E-state index in [0.717, 1.165) is 0 Å². The number of carbonyl (C=O) groups excluding carboxylic acids is 1. The van der Waals surface area contributed by atoms with Gasteiger partial charge in [-0.1, -0.05) is 37.3 Å². The largest absolute Gasteiger partial charge is 0.299 e. The molecule has 1 aliphatic rings. The Morgan fingerprint density at radius 3 is 2.41 bits per heavy atom. The highest BCUT2D eigenvalue weighted by molar-refractivity contribution is 5.83. The Bertz CT molecular complexity index is 410. The summed E-state index contributed by atoms with van der Waals surface area (Å²) < 4.78 is 0. The number of carbonyl (C=O) groups is 1. The molecule has 0 radical (unpaired) electrons. The van der Waals surface area contributed by atoms with Gasteiger partial charge in [0.2, 0.25) is 0 Å². The topological polar surface area (TPSA) is 20.3 Å². The molecule has 2 rings (SSSR count). The van der Waals surface area contributed by atoms with Crippen LogP contribution < -0.4 is 0 Å². The van der Waals surface area contributed by atoms with Gasteiger partial charge < -0.3 is 0 Å². The van der Waals surface area contributed by atoms with Gasteiger partial charge in [0.1, 0.15) is 5.78 Å². The second-order valence-corrected chi connectivity index (χ2v) is 5.58. The van der Waals surface area contributed by atoms with E-state index in [4.69, 9.17) is 0 Å². The SMILES string of the molecule is CC1C(=O)CC(c2ccccc2)N(C)C1(C)C. The van der Waals surface area contributed by atoms with Crippen molar-refractivity contribution in [2.24, 2.45) is 5.92 Å². The van der Waals surface area contributed by atoms with Crippen LogP contribution in [-0.4, -0.2) is 23.3 Å². The molecule has 17 heavy (non-hydrogen) atoms. The van der Waals surface area contributed by atoms with Gasteiger partial charge in [-0.25, -0.2) is 0 Å². The summed E-state index contributed by atoms with van der Waals surface area (Å²) in [5, 5.41) is 0. The van der Waals surface area contributed by atoms with Crippen molar-refractivity contribution < 1.29 is 4.79 Å². The Morgan fingerprint density at radius 2 is 1.82 bits per heavy atom. The standard InChI is InChI=1S/C15H21NO/c1-11-14(17)10-13(16(4)15(11,2)3)12-8-6-5-7-9-12/h5-9,11,13H,10H2,1-4H3. The van der Waals surface area contributed by atoms with Crippen LogP contribution in [0.2, 0.25) is 0 Å². The normalized spacial score (nSPS) is 29.3. The van der Waals surface area contributed by atoms with Gasteiger partial charge in [0.05, 0.1) is 0 Å². The summed E-state index contributed by atoms with van der Waals surface area (Å²) >= 11 is 0. The first-order valence-electron chi connectivity index (χ1n) is 6.25. The van der Waals surface area contributed by atoms with Crippen LogP contribution in [0.3, 0.4) is 0 Å². The maximum atomic E-state index is 12.1. The number of piperidine rings is 1. The van der Waals surface area contributed by atoms with Gasteiger partial charge in [-0.3, -0.25) is 9.69 Å². The fourth-order valence-electron chi connectivity index (χ4n) is 2.62. The maximum Gasteiger partial charge on any atom is 0.139 e. The lowest BCUT2D eigenvalue weighted by atomic mass is 9.76. The van der Waals surface area contributed by atoms with Gasteiger partial charge in [-0.15, -0.1) is 0 Å². The summed E-state index contributed by atoms with van der Waals surface area (Å²) in [6.07, 6.45) is 0.630. The molecule has 1 aromatic carbocycles. The van der Waals surface area contributed by atoms with Crippen molar-refractivity contribution in [3.05, 3.63) is 35.9 Å². The van der Waals surface area contributed by atoms with Crippen molar-refractivity contribution in [2.75, 3.05) is 7.05 Å². The molecule has 1 saturated heterocycles. The molecule has 0 aromatic heterocycles. The van der Waals surface area contributed by atoms with Crippen molar-refractivity contribution in [2.45, 2.75) is 38.8 Å². The average Bonchev–Trinajstić information content (AvgIpc) is 2.33. The van der Waals surface area contributed by atoms with Crippen LogP contribution in [0, 0.1) is 5.92 Å². The molecular weight excluding hydrogens is 210 g/mol. The Kier molecular flexibility index (Phi) is 3.09. The number of likely N-dealkylation sites (tertiary alicyclic amines) is 1. The average molecular weight is 231 g/mol. The molecule has 2 nitrogen and oxygen atoms in total. The molecule has 2 heteroatoms. The van der Waals surface area contributed by atoms with Crippen molar-refractivity contribution in [3.8, 4) is 0 Å². The molecule has 2 unspecified atom stereocenters. The molecule has 1 fully saturated rings. The van der Waals surface area contributed by atoms with Crippen LogP contribution in [-0.2, 0) is 4.79 Å².